The van der Waals surface area contributed by atoms with Crippen molar-refractivity contribution < 1.29 is 4.57 Å². The number of thioether (sulfide) groups is 1. The van der Waals surface area contributed by atoms with Gasteiger partial charge in [-0.05, 0) is 11.2 Å². The van der Waals surface area contributed by atoms with E-state index in [0.717, 1.165) is 16.2 Å². The monoisotopic (exact) mass is 195 g/mol. The third kappa shape index (κ3) is 1.19. The van der Waals surface area contributed by atoms with E-state index in [9.17, 15) is 0 Å². The number of rotatable bonds is 1. The largest absolute Gasteiger partial charge is 0.297 e. The summed E-state index contributed by atoms with van der Waals surface area (Å²) in [6.07, 6.45) is 5.65. The Kier molecular flexibility index (Phi) is 1.95. The maximum absolute atomic E-state index is 4.31. The second kappa shape index (κ2) is 2.99. The average molecular weight is 195 g/mol. The van der Waals surface area contributed by atoms with Crippen LogP contribution >= 0.6 is 11.8 Å². The van der Waals surface area contributed by atoms with E-state index < -0.39 is 0 Å². The zero-order valence-electron chi connectivity index (χ0n) is 7.85. The van der Waals surface area contributed by atoms with E-state index in [1.807, 2.05) is 35.8 Å². The first kappa shape index (κ1) is 8.50. The molecular formula is C8H11N4S+. The van der Waals surface area contributed by atoms with Crippen LogP contribution < -0.4 is 4.57 Å². The summed E-state index contributed by atoms with van der Waals surface area (Å²) < 4.78 is 3.91. The van der Waals surface area contributed by atoms with Crippen LogP contribution in [0.2, 0.25) is 0 Å². The zero-order valence-corrected chi connectivity index (χ0v) is 8.67. The summed E-state index contributed by atoms with van der Waals surface area (Å²) in [6, 6.07) is 0. The molecule has 0 unspecified atom stereocenters. The van der Waals surface area contributed by atoms with E-state index in [1.165, 1.54) is 0 Å². The van der Waals surface area contributed by atoms with Crippen molar-refractivity contribution in [1.29, 1.82) is 0 Å². The van der Waals surface area contributed by atoms with Gasteiger partial charge in [-0.15, -0.1) is 0 Å². The maximum atomic E-state index is 4.31. The van der Waals surface area contributed by atoms with Crippen molar-refractivity contribution in [2.24, 2.45) is 14.1 Å². The van der Waals surface area contributed by atoms with Crippen molar-refractivity contribution in [3.63, 3.8) is 0 Å². The quantitative estimate of drug-likeness (QED) is 0.378. The lowest BCUT2D eigenvalue weighted by atomic mass is 10.5. The van der Waals surface area contributed by atoms with Crippen molar-refractivity contribution in [3.05, 3.63) is 12.7 Å². The molecule has 0 saturated carbocycles. The lowest BCUT2D eigenvalue weighted by molar-refractivity contribution is -0.709. The van der Waals surface area contributed by atoms with E-state index in [0.29, 0.717) is 0 Å². The predicted octanol–water partition coefficient (Wildman–Crippen LogP) is 0.515. The van der Waals surface area contributed by atoms with E-state index >= 15 is 0 Å². The molecule has 0 N–H and O–H groups in total. The van der Waals surface area contributed by atoms with Gasteiger partial charge in [0.2, 0.25) is 0 Å². The van der Waals surface area contributed by atoms with Crippen LogP contribution in [-0.2, 0) is 14.1 Å². The van der Waals surface area contributed by atoms with Gasteiger partial charge in [-0.3, -0.25) is 4.57 Å². The summed E-state index contributed by atoms with van der Waals surface area (Å²) in [7, 11) is 3.93. The summed E-state index contributed by atoms with van der Waals surface area (Å²) in [6.45, 7) is 0. The number of nitrogens with zero attached hydrogens (tertiary/aromatic N) is 4. The van der Waals surface area contributed by atoms with Crippen LogP contribution in [0.5, 0.6) is 0 Å². The van der Waals surface area contributed by atoms with E-state index in [2.05, 4.69) is 9.97 Å². The maximum Gasteiger partial charge on any atom is 0.289 e. The van der Waals surface area contributed by atoms with Gasteiger partial charge in [0.1, 0.15) is 0 Å². The van der Waals surface area contributed by atoms with Gasteiger partial charge in [-0.25, -0.2) is 9.55 Å². The topological polar surface area (TPSA) is 34.6 Å². The minimum Gasteiger partial charge on any atom is -0.297 e. The molecule has 0 aliphatic carbocycles. The minimum atomic E-state index is 0.933. The van der Waals surface area contributed by atoms with Crippen LogP contribution in [0.1, 0.15) is 0 Å². The summed E-state index contributed by atoms with van der Waals surface area (Å²) in [5, 5.41) is 1.14. The van der Waals surface area contributed by atoms with Crippen LogP contribution in [0.3, 0.4) is 0 Å². The molecule has 0 atom stereocenters. The van der Waals surface area contributed by atoms with Crippen molar-refractivity contribution in [1.82, 2.24) is 14.5 Å². The first-order chi connectivity index (χ1) is 6.24. The summed E-state index contributed by atoms with van der Waals surface area (Å²) in [5.41, 5.74) is 1.91. The fraction of sp³-hybridized carbons (Fsp3) is 0.375. The average Bonchev–Trinajstić information content (AvgIpc) is 2.48. The normalized spacial score (nSPS) is 11.0. The van der Waals surface area contributed by atoms with Crippen molar-refractivity contribution >= 4 is 22.9 Å². The van der Waals surface area contributed by atoms with E-state index in [4.69, 9.17) is 0 Å². The molecule has 0 fully saturated rings. The van der Waals surface area contributed by atoms with E-state index in [1.54, 1.807) is 18.1 Å². The molecule has 2 rings (SSSR count). The number of imidazole rings is 1. The Hall–Kier alpha value is -1.10. The first-order valence-corrected chi connectivity index (χ1v) is 5.16. The molecule has 0 aliphatic heterocycles. The molecular weight excluding hydrogens is 184 g/mol. The van der Waals surface area contributed by atoms with Crippen LogP contribution in [0, 0.1) is 0 Å². The smallest absolute Gasteiger partial charge is 0.289 e. The van der Waals surface area contributed by atoms with Crippen LogP contribution in [-0.4, -0.2) is 20.8 Å². The number of hydrogen-bond acceptors (Lipinski definition) is 3. The zero-order chi connectivity index (χ0) is 9.42. The number of hydrogen-bond donors (Lipinski definition) is 0. The third-order valence-electron chi connectivity index (χ3n) is 1.98. The Balaban J connectivity index is 2.85. The molecule has 2 aromatic rings. The predicted molar refractivity (Wildman–Crippen MR) is 51.5 cm³/mol. The molecule has 5 heteroatoms. The highest BCUT2D eigenvalue weighted by molar-refractivity contribution is 7.98. The molecule has 0 radical (unpaired) electrons. The highest BCUT2D eigenvalue weighted by atomic mass is 32.2. The van der Waals surface area contributed by atoms with Gasteiger partial charge in [-0.2, -0.15) is 0 Å². The van der Waals surface area contributed by atoms with Crippen molar-refractivity contribution in [2.45, 2.75) is 5.03 Å². The Morgan fingerprint density at radius 1 is 1.46 bits per heavy atom. The SMILES string of the molecule is CSc1c2ncn(C)c2nc[n+]1C. The molecule has 0 aromatic carbocycles. The lowest BCUT2D eigenvalue weighted by Gasteiger charge is -1.96. The van der Waals surface area contributed by atoms with Crippen molar-refractivity contribution in [3.8, 4) is 0 Å². The molecule has 0 saturated heterocycles. The molecule has 2 heterocycles. The fourth-order valence-electron chi connectivity index (χ4n) is 1.33. The molecule has 2 aromatic heterocycles. The Morgan fingerprint density at radius 3 is 2.92 bits per heavy atom. The van der Waals surface area contributed by atoms with Gasteiger partial charge in [0, 0.05) is 7.05 Å². The van der Waals surface area contributed by atoms with Gasteiger partial charge < -0.3 is 0 Å². The minimum absolute atomic E-state index is 0.933. The summed E-state index contributed by atoms with van der Waals surface area (Å²) in [5.74, 6) is 0. The summed E-state index contributed by atoms with van der Waals surface area (Å²) >= 11 is 1.69. The number of aromatic nitrogens is 4. The standard InChI is InChI=1S/C8H11N4S/c1-11-4-9-6-7(11)10-5-12(2)8(6)13-3/h4-5H,1-3H3/q+1. The highest BCUT2D eigenvalue weighted by Gasteiger charge is 2.15. The van der Waals surface area contributed by atoms with Crippen LogP contribution in [0.25, 0.3) is 11.2 Å². The molecule has 13 heavy (non-hydrogen) atoms. The number of fused-ring (bicyclic) bond motifs is 1. The molecule has 4 nitrogen and oxygen atoms in total. The highest BCUT2D eigenvalue weighted by Crippen LogP contribution is 2.18. The van der Waals surface area contributed by atoms with Gasteiger partial charge in [0.25, 0.3) is 12.0 Å². The van der Waals surface area contributed by atoms with Gasteiger partial charge in [0.05, 0.1) is 13.4 Å². The Bertz CT molecular complexity index is 449. The van der Waals surface area contributed by atoms with Crippen LogP contribution in [0.15, 0.2) is 17.7 Å². The van der Waals surface area contributed by atoms with Gasteiger partial charge in [0.15, 0.2) is 10.5 Å². The van der Waals surface area contributed by atoms with Crippen LogP contribution in [0.4, 0.5) is 0 Å². The molecule has 0 amide bonds. The second-order valence-electron chi connectivity index (χ2n) is 2.89. The van der Waals surface area contributed by atoms with Crippen molar-refractivity contribution in [2.75, 3.05) is 6.26 Å². The first-order valence-electron chi connectivity index (χ1n) is 3.93. The summed E-state index contributed by atoms with van der Waals surface area (Å²) in [4.78, 5) is 8.61. The van der Waals surface area contributed by atoms with E-state index in [-0.39, 0.29) is 0 Å². The van der Waals surface area contributed by atoms with Gasteiger partial charge in [-0.1, -0.05) is 11.8 Å². The Labute approximate surface area is 80.6 Å². The Morgan fingerprint density at radius 2 is 2.23 bits per heavy atom. The molecule has 0 bridgehead atoms. The van der Waals surface area contributed by atoms with Gasteiger partial charge >= 0.3 is 0 Å². The molecule has 0 aliphatic rings. The fourth-order valence-corrected chi connectivity index (χ4v) is 2.00. The molecule has 0 spiro atoms. The number of aryl methyl sites for hydroxylation is 2. The second-order valence-corrected chi connectivity index (χ2v) is 3.69. The lowest BCUT2D eigenvalue weighted by Crippen LogP contribution is -2.31. The molecule has 68 valence electrons. The third-order valence-corrected chi connectivity index (χ3v) is 2.84.